The second kappa shape index (κ2) is 7.05. The van der Waals surface area contributed by atoms with Gasteiger partial charge in [-0.2, -0.15) is 11.6 Å². The lowest BCUT2D eigenvalue weighted by atomic mass is 9.48. The summed E-state index contributed by atoms with van der Waals surface area (Å²) in [6, 6.07) is 31.9. The highest BCUT2D eigenvalue weighted by molar-refractivity contribution is 8.28. The third kappa shape index (κ3) is 2.56. The summed E-state index contributed by atoms with van der Waals surface area (Å²) in [4.78, 5) is 1.30. The van der Waals surface area contributed by atoms with Crippen molar-refractivity contribution in [2.45, 2.75) is 11.8 Å². The maximum Gasteiger partial charge on any atom is 0.434 e. The Morgan fingerprint density at radius 1 is 0.595 bits per heavy atom. The fourth-order valence-electron chi connectivity index (χ4n) is 6.39. The molecule has 5 aromatic carbocycles. The zero-order valence-electron chi connectivity index (χ0n) is 19.9. The van der Waals surface area contributed by atoms with E-state index >= 15 is 0 Å². The van der Waals surface area contributed by atoms with Gasteiger partial charge >= 0.3 is 6.92 Å². The smallest absolute Gasteiger partial charge is 0.434 e. The fraction of sp³-hybridized carbons (Fsp3) is 0.0323. The molecule has 0 amide bonds. The first-order chi connectivity index (χ1) is 18.3. The quantitative estimate of drug-likeness (QED) is 0.276. The second-order valence-electron chi connectivity index (χ2n) is 9.97. The number of para-hydroxylation sites is 1. The van der Waals surface area contributed by atoms with Crippen LogP contribution in [0.25, 0.3) is 22.3 Å². The molecule has 0 aromatic heterocycles. The molecule has 0 radical (unpaired) electrons. The van der Waals surface area contributed by atoms with Crippen molar-refractivity contribution in [3.63, 3.8) is 0 Å². The second-order valence-corrected chi connectivity index (χ2v) is 11.1. The van der Waals surface area contributed by atoms with Crippen molar-refractivity contribution in [1.29, 1.82) is 0 Å². The van der Waals surface area contributed by atoms with Gasteiger partial charge in [-0.15, -0.1) is 0 Å². The third-order valence-corrected chi connectivity index (χ3v) is 9.34. The third-order valence-electron chi connectivity index (χ3n) is 8.01. The van der Waals surface area contributed by atoms with Crippen molar-refractivity contribution in [2.75, 3.05) is 0 Å². The molecule has 4 aliphatic heterocycles. The lowest BCUT2D eigenvalue weighted by Gasteiger charge is -2.37. The van der Waals surface area contributed by atoms with Gasteiger partial charge in [-0.05, 0) is 58.8 Å². The molecule has 0 unspecified atom stereocenters. The van der Waals surface area contributed by atoms with E-state index in [0.717, 1.165) is 50.8 Å². The van der Waals surface area contributed by atoms with Crippen LogP contribution in [0.2, 0.25) is 0 Å². The van der Waals surface area contributed by atoms with E-state index in [0.29, 0.717) is 0 Å². The summed E-state index contributed by atoms with van der Waals surface area (Å²) in [6.07, 6.45) is 0. The SMILES string of the molecule is Cc1c2c(cc3c1Oc1cccc4c1B3Sc1ccccc1-4)B1Oc3ccccc3-c3cccc(c31)O2. The summed E-state index contributed by atoms with van der Waals surface area (Å²) in [7, 11) is 0. The first-order valence-corrected chi connectivity index (χ1v) is 13.5. The normalized spacial score (nSPS) is 14.5. The van der Waals surface area contributed by atoms with Crippen LogP contribution in [-0.2, 0) is 0 Å². The number of hydrogen-bond acceptors (Lipinski definition) is 4. The molecule has 0 bridgehead atoms. The van der Waals surface area contributed by atoms with Crippen LogP contribution in [0.4, 0.5) is 0 Å². The maximum absolute atomic E-state index is 6.72. The summed E-state index contributed by atoms with van der Waals surface area (Å²) in [5, 5.41) is 0. The molecule has 5 aromatic rings. The number of ether oxygens (including phenoxy) is 2. The van der Waals surface area contributed by atoms with Crippen LogP contribution in [0.3, 0.4) is 0 Å². The van der Waals surface area contributed by atoms with Crippen LogP contribution in [0.15, 0.2) is 95.9 Å². The largest absolute Gasteiger partial charge is 0.551 e. The van der Waals surface area contributed by atoms with Crippen molar-refractivity contribution in [3.05, 3.63) is 96.6 Å². The number of hydrogen-bond donors (Lipinski definition) is 0. The van der Waals surface area contributed by atoms with Crippen LogP contribution >= 0.6 is 11.6 Å². The minimum atomic E-state index is -0.230. The predicted octanol–water partition coefficient (Wildman–Crippen LogP) is 5.25. The van der Waals surface area contributed by atoms with Crippen molar-refractivity contribution in [3.8, 4) is 51.0 Å². The Labute approximate surface area is 219 Å². The standard InChI is InChI=1S/C31H18B2O3S/c1-17-30-22(32-28-20(10-6-13-25(28)34-30)18-8-2-4-12-24(18)36-32)16-23-31(17)35-26-14-7-11-21-19-9-3-5-15-27(19)37-33(23)29(21)26/h2-16H,1H3. The molecular weight excluding hydrogens is 474 g/mol. The zero-order chi connectivity index (χ0) is 24.2. The molecule has 0 saturated carbocycles. The Balaban J connectivity index is 1.28. The topological polar surface area (TPSA) is 27.7 Å². The zero-order valence-corrected chi connectivity index (χ0v) is 20.8. The predicted molar refractivity (Wildman–Crippen MR) is 152 cm³/mol. The van der Waals surface area contributed by atoms with E-state index in [1.54, 1.807) is 0 Å². The van der Waals surface area contributed by atoms with Crippen molar-refractivity contribution in [2.24, 2.45) is 0 Å². The van der Waals surface area contributed by atoms with Crippen molar-refractivity contribution >= 4 is 46.4 Å². The molecule has 3 nitrogen and oxygen atoms in total. The highest BCUT2D eigenvalue weighted by Crippen LogP contribution is 2.46. The molecule has 0 fully saturated rings. The highest BCUT2D eigenvalue weighted by Gasteiger charge is 2.45. The Hall–Kier alpha value is -4.02. The van der Waals surface area contributed by atoms with E-state index in [9.17, 15) is 0 Å². The Morgan fingerprint density at radius 3 is 2.05 bits per heavy atom. The van der Waals surface area contributed by atoms with Gasteiger partial charge in [-0.3, -0.25) is 0 Å². The monoisotopic (exact) mass is 492 g/mol. The Kier molecular flexibility index (Phi) is 3.83. The highest BCUT2D eigenvalue weighted by atomic mass is 32.2. The van der Waals surface area contributed by atoms with Gasteiger partial charge in [0.1, 0.15) is 28.7 Å². The molecule has 4 heterocycles. The molecule has 0 aliphatic carbocycles. The first kappa shape index (κ1) is 20.1. The van der Waals surface area contributed by atoms with Crippen molar-refractivity contribution in [1.82, 2.24) is 0 Å². The summed E-state index contributed by atoms with van der Waals surface area (Å²) in [5.41, 5.74) is 10.4. The molecule has 37 heavy (non-hydrogen) atoms. The van der Waals surface area contributed by atoms with Crippen LogP contribution in [0.5, 0.6) is 28.7 Å². The molecule has 0 N–H and O–H groups in total. The van der Waals surface area contributed by atoms with E-state index in [-0.39, 0.29) is 12.9 Å². The first-order valence-electron chi connectivity index (χ1n) is 12.6. The lowest BCUT2D eigenvalue weighted by molar-refractivity contribution is 0.455. The summed E-state index contributed by atoms with van der Waals surface area (Å²) in [6.45, 7) is 1.88. The molecule has 6 heteroatoms. The molecular formula is C31H18B2O3S. The molecule has 0 atom stereocenters. The van der Waals surface area contributed by atoms with Gasteiger partial charge in [-0.1, -0.05) is 66.7 Å². The maximum atomic E-state index is 6.72. The van der Waals surface area contributed by atoms with Gasteiger partial charge < -0.3 is 14.1 Å². The summed E-state index contributed by atoms with van der Waals surface area (Å²) in [5.74, 6) is 4.57. The van der Waals surface area contributed by atoms with Crippen LogP contribution in [0, 0.1) is 6.92 Å². The fourth-order valence-corrected chi connectivity index (χ4v) is 7.76. The minimum absolute atomic E-state index is 0.140. The van der Waals surface area contributed by atoms with Crippen molar-refractivity contribution < 1.29 is 14.1 Å². The summed E-state index contributed by atoms with van der Waals surface area (Å²) < 4.78 is 20.0. The minimum Gasteiger partial charge on any atom is -0.551 e. The van der Waals surface area contributed by atoms with Gasteiger partial charge in [0, 0.05) is 26.9 Å². The number of rotatable bonds is 0. The number of fused-ring (bicyclic) bond motifs is 8. The molecule has 0 saturated heterocycles. The van der Waals surface area contributed by atoms with Gasteiger partial charge in [0.2, 0.25) is 0 Å². The van der Waals surface area contributed by atoms with E-state index in [1.165, 1.54) is 32.5 Å². The van der Waals surface area contributed by atoms with Gasteiger partial charge in [0.25, 0.3) is 5.99 Å². The molecule has 9 rings (SSSR count). The average molecular weight is 492 g/mol. The van der Waals surface area contributed by atoms with E-state index in [4.69, 9.17) is 14.1 Å². The van der Waals surface area contributed by atoms with E-state index in [2.05, 4.69) is 85.8 Å². The lowest BCUT2D eigenvalue weighted by Crippen LogP contribution is -2.56. The van der Waals surface area contributed by atoms with E-state index < -0.39 is 0 Å². The number of benzene rings is 5. The van der Waals surface area contributed by atoms with E-state index in [1.807, 2.05) is 23.7 Å². The summed E-state index contributed by atoms with van der Waals surface area (Å²) >= 11 is 1.91. The van der Waals surface area contributed by atoms with Gasteiger partial charge in [-0.25, -0.2) is 0 Å². The Bertz CT molecular complexity index is 1700. The molecule has 4 aliphatic rings. The van der Waals surface area contributed by atoms with Crippen LogP contribution in [0.1, 0.15) is 5.56 Å². The van der Waals surface area contributed by atoms with Crippen LogP contribution in [-0.4, -0.2) is 12.9 Å². The van der Waals surface area contributed by atoms with Gasteiger partial charge in [0.15, 0.2) is 0 Å². The Morgan fingerprint density at radius 2 is 1.22 bits per heavy atom. The van der Waals surface area contributed by atoms with Gasteiger partial charge in [0.05, 0.1) is 0 Å². The molecule has 172 valence electrons. The van der Waals surface area contributed by atoms with Crippen LogP contribution < -0.4 is 36.0 Å². The molecule has 0 spiro atoms. The average Bonchev–Trinajstić information content (AvgIpc) is 2.94.